The lowest BCUT2D eigenvalue weighted by atomic mass is 10.0. The molecule has 3 rings (SSSR count). The highest BCUT2D eigenvalue weighted by Gasteiger charge is 2.49. The topological polar surface area (TPSA) is 113 Å². The fraction of sp³-hybridized carbons (Fsp3) is 0.609. The molecule has 0 saturated carbocycles. The van der Waals surface area contributed by atoms with Crippen molar-refractivity contribution < 1.29 is 25.2 Å². The number of piperidine rings is 1. The number of unbranched alkanes of at least 4 members (excludes halogenated alkanes) is 6. The summed E-state index contributed by atoms with van der Waals surface area (Å²) in [7, 11) is 0. The number of benzene rings is 1. The van der Waals surface area contributed by atoms with Crippen LogP contribution in [0.25, 0.3) is 0 Å². The highest BCUT2D eigenvalue weighted by molar-refractivity contribution is 5.49. The van der Waals surface area contributed by atoms with Crippen molar-refractivity contribution in [1.29, 1.82) is 0 Å². The summed E-state index contributed by atoms with van der Waals surface area (Å²) >= 11 is 0. The molecule has 164 valence electrons. The molecule has 30 heavy (non-hydrogen) atoms. The fourth-order valence-corrected chi connectivity index (χ4v) is 4.31. The summed E-state index contributed by atoms with van der Waals surface area (Å²) in [4.78, 5) is 11.8. The summed E-state index contributed by atoms with van der Waals surface area (Å²) in [6.45, 7) is 0.267. The summed E-state index contributed by atoms with van der Waals surface area (Å²) < 4.78 is 0. The van der Waals surface area contributed by atoms with Crippen LogP contribution in [0.5, 0.6) is 0 Å². The van der Waals surface area contributed by atoms with Crippen LogP contribution in [0.2, 0.25) is 0 Å². The van der Waals surface area contributed by atoms with Crippen LogP contribution in [-0.4, -0.2) is 50.1 Å². The van der Waals surface area contributed by atoms with Gasteiger partial charge in [0.1, 0.15) is 18.7 Å². The third-order valence-corrected chi connectivity index (χ3v) is 5.98. The van der Waals surface area contributed by atoms with Crippen LogP contribution in [-0.2, 0) is 17.3 Å². The molecule has 0 bridgehead atoms. The van der Waals surface area contributed by atoms with E-state index in [-0.39, 0.29) is 6.54 Å². The number of carbonyl (C=O) groups excluding carboxylic acids is 1. The van der Waals surface area contributed by atoms with Gasteiger partial charge in [0.05, 0.1) is 6.04 Å². The number of rotatable bonds is 8. The average Bonchev–Trinajstić information content (AvgIpc) is 2.98. The van der Waals surface area contributed by atoms with Crippen LogP contribution in [0.3, 0.4) is 0 Å². The third kappa shape index (κ3) is 5.27. The molecule has 1 aromatic rings. The first-order valence-electron chi connectivity index (χ1n) is 10.8. The van der Waals surface area contributed by atoms with Gasteiger partial charge in [-0.15, -0.1) is 0 Å². The molecule has 1 saturated heterocycles. The Bertz CT molecular complexity index is 786. The molecule has 3 atom stereocenters. The van der Waals surface area contributed by atoms with Crippen LogP contribution < -0.4 is 5.32 Å². The summed E-state index contributed by atoms with van der Waals surface area (Å²) in [5, 5.41) is 44.2. The molecular formula is C23H32N2O5. The summed E-state index contributed by atoms with van der Waals surface area (Å²) in [5.41, 5.74) is 1.93. The molecule has 3 unspecified atom stereocenters. The second-order valence-corrected chi connectivity index (χ2v) is 8.14. The normalized spacial score (nSPS) is 25.4. The molecule has 7 nitrogen and oxygen atoms in total. The average molecular weight is 417 g/mol. The van der Waals surface area contributed by atoms with Gasteiger partial charge in [-0.25, -0.2) is 4.90 Å². The standard InChI is InChI=1S/C23H32N2O5/c26-15-8-6-4-2-1-3-5-7-10-17-11-9-12-19-18(17)16-25(23(19,29)30)20-13-14-21(27)24-22(20)28/h9,11-12,15,20-22,24,27-30H,1-6,8,13-14,16H2. The SMILES string of the molecule is O=CCCCCCCCC#Cc1cccc2c1CN(C1CCC(O)NC1O)C2(O)O. The van der Waals surface area contributed by atoms with Crippen LogP contribution in [0, 0.1) is 11.8 Å². The zero-order valence-electron chi connectivity index (χ0n) is 17.3. The van der Waals surface area contributed by atoms with Crippen LogP contribution in [0.4, 0.5) is 0 Å². The molecule has 5 N–H and O–H groups in total. The Hall–Kier alpha value is -1.79. The number of hydrogen-bond donors (Lipinski definition) is 5. The summed E-state index contributed by atoms with van der Waals surface area (Å²) in [6, 6.07) is 4.79. The molecule has 0 spiro atoms. The number of aliphatic hydroxyl groups is 4. The number of nitrogens with one attached hydrogen (secondary N) is 1. The zero-order chi connectivity index (χ0) is 21.6. The van der Waals surface area contributed by atoms with E-state index in [1.165, 1.54) is 4.90 Å². The Kier molecular flexibility index (Phi) is 8.00. The van der Waals surface area contributed by atoms with E-state index in [9.17, 15) is 25.2 Å². The lowest BCUT2D eigenvalue weighted by Gasteiger charge is -2.41. The first kappa shape index (κ1) is 22.9. The van der Waals surface area contributed by atoms with Gasteiger partial charge in [-0.05, 0) is 37.3 Å². The Labute approximate surface area is 177 Å². The maximum Gasteiger partial charge on any atom is 0.254 e. The van der Waals surface area contributed by atoms with Gasteiger partial charge < -0.3 is 25.2 Å². The zero-order valence-corrected chi connectivity index (χ0v) is 17.3. The number of hydrogen-bond acceptors (Lipinski definition) is 7. The summed E-state index contributed by atoms with van der Waals surface area (Å²) in [5.74, 6) is 4.17. The Morgan fingerprint density at radius 1 is 1.13 bits per heavy atom. The van der Waals surface area contributed by atoms with Gasteiger partial charge in [0.25, 0.3) is 5.91 Å². The van der Waals surface area contributed by atoms with Crippen LogP contribution >= 0.6 is 0 Å². The highest BCUT2D eigenvalue weighted by Crippen LogP contribution is 2.40. The molecule has 2 aliphatic heterocycles. The lowest BCUT2D eigenvalue weighted by molar-refractivity contribution is -0.292. The lowest BCUT2D eigenvalue weighted by Crippen LogP contribution is -2.60. The largest absolute Gasteiger partial charge is 0.379 e. The Balaban J connectivity index is 1.62. The Morgan fingerprint density at radius 2 is 1.90 bits per heavy atom. The number of aliphatic hydroxyl groups excluding tert-OH is 2. The predicted molar refractivity (Wildman–Crippen MR) is 112 cm³/mol. The number of nitrogens with zero attached hydrogens (tertiary/aromatic N) is 1. The van der Waals surface area contributed by atoms with E-state index in [1.54, 1.807) is 12.1 Å². The molecule has 7 heteroatoms. The third-order valence-electron chi connectivity index (χ3n) is 5.98. The van der Waals surface area contributed by atoms with E-state index in [2.05, 4.69) is 17.2 Å². The molecule has 0 amide bonds. The van der Waals surface area contributed by atoms with Crippen molar-refractivity contribution in [2.75, 3.05) is 0 Å². The van der Waals surface area contributed by atoms with E-state index < -0.39 is 24.4 Å². The van der Waals surface area contributed by atoms with Crippen molar-refractivity contribution in [3.8, 4) is 11.8 Å². The van der Waals surface area contributed by atoms with E-state index >= 15 is 0 Å². The maximum absolute atomic E-state index is 10.8. The van der Waals surface area contributed by atoms with Crippen molar-refractivity contribution in [1.82, 2.24) is 10.2 Å². The minimum atomic E-state index is -2.19. The smallest absolute Gasteiger partial charge is 0.254 e. The second-order valence-electron chi connectivity index (χ2n) is 8.14. The van der Waals surface area contributed by atoms with Crippen molar-refractivity contribution in [3.05, 3.63) is 34.9 Å². The van der Waals surface area contributed by atoms with E-state index in [0.29, 0.717) is 24.8 Å². The van der Waals surface area contributed by atoms with Crippen LogP contribution in [0.15, 0.2) is 18.2 Å². The molecule has 0 aromatic heterocycles. The quantitative estimate of drug-likeness (QED) is 0.188. The van der Waals surface area contributed by atoms with Crippen molar-refractivity contribution >= 4 is 6.29 Å². The maximum atomic E-state index is 10.8. The van der Waals surface area contributed by atoms with E-state index in [4.69, 9.17) is 0 Å². The second kappa shape index (κ2) is 10.5. The van der Waals surface area contributed by atoms with Gasteiger partial charge in [0.2, 0.25) is 0 Å². The van der Waals surface area contributed by atoms with Gasteiger partial charge in [-0.3, -0.25) is 5.32 Å². The number of fused-ring (bicyclic) bond motifs is 1. The molecule has 2 aliphatic rings. The number of carbonyl (C=O) groups is 1. The number of aldehydes is 1. The molecule has 0 aliphatic carbocycles. The molecule has 1 aromatic carbocycles. The van der Waals surface area contributed by atoms with Crippen molar-refractivity contribution in [2.45, 2.75) is 88.7 Å². The molecule has 2 heterocycles. The van der Waals surface area contributed by atoms with Gasteiger partial charge >= 0.3 is 0 Å². The predicted octanol–water partition coefficient (Wildman–Crippen LogP) is 1.27. The summed E-state index contributed by atoms with van der Waals surface area (Å²) in [6.07, 6.45) is 6.62. The van der Waals surface area contributed by atoms with Gasteiger partial charge in [-0.1, -0.05) is 43.2 Å². The molecule has 0 radical (unpaired) electrons. The van der Waals surface area contributed by atoms with Gasteiger partial charge in [0.15, 0.2) is 0 Å². The minimum Gasteiger partial charge on any atom is -0.379 e. The van der Waals surface area contributed by atoms with Crippen LogP contribution in [0.1, 0.15) is 74.5 Å². The van der Waals surface area contributed by atoms with Gasteiger partial charge in [-0.2, -0.15) is 0 Å². The Morgan fingerprint density at radius 3 is 2.67 bits per heavy atom. The first-order chi connectivity index (χ1) is 14.4. The van der Waals surface area contributed by atoms with E-state index in [1.807, 2.05) is 6.07 Å². The minimum absolute atomic E-state index is 0.267. The molecular weight excluding hydrogens is 384 g/mol. The monoisotopic (exact) mass is 416 g/mol. The van der Waals surface area contributed by atoms with Gasteiger partial charge in [0, 0.05) is 30.5 Å². The first-order valence-corrected chi connectivity index (χ1v) is 10.8. The van der Waals surface area contributed by atoms with E-state index in [0.717, 1.165) is 55.9 Å². The molecule has 1 fully saturated rings. The van der Waals surface area contributed by atoms with Crippen molar-refractivity contribution in [2.24, 2.45) is 0 Å². The van der Waals surface area contributed by atoms with Crippen molar-refractivity contribution in [3.63, 3.8) is 0 Å². The highest BCUT2D eigenvalue weighted by atomic mass is 16.5. The fourth-order valence-electron chi connectivity index (χ4n) is 4.31.